The molecule has 23 heavy (non-hydrogen) atoms. The summed E-state index contributed by atoms with van der Waals surface area (Å²) in [5.74, 6) is -0.355. The molecule has 0 aromatic carbocycles. The number of primary amides is 1. The average Bonchev–Trinajstić information content (AvgIpc) is 2.90. The number of imide groups is 1. The fourth-order valence-electron chi connectivity index (χ4n) is 2.78. The van der Waals surface area contributed by atoms with Gasteiger partial charge in [-0.3, -0.25) is 19.9 Å². The third-order valence-electron chi connectivity index (χ3n) is 3.89. The molecular formula is C15H20N6O2. The molecule has 0 unspecified atom stereocenters. The van der Waals surface area contributed by atoms with Crippen LogP contribution < -0.4 is 11.1 Å². The number of nitrogens with one attached hydrogen (secondary N) is 1. The monoisotopic (exact) mass is 316 g/mol. The summed E-state index contributed by atoms with van der Waals surface area (Å²) in [4.78, 5) is 31.1. The second kappa shape index (κ2) is 6.76. The van der Waals surface area contributed by atoms with Gasteiger partial charge in [-0.1, -0.05) is 6.07 Å². The summed E-state index contributed by atoms with van der Waals surface area (Å²) >= 11 is 0. The first-order chi connectivity index (χ1) is 11.1. The molecule has 8 heteroatoms. The first-order valence-corrected chi connectivity index (χ1v) is 7.57. The van der Waals surface area contributed by atoms with Crippen LogP contribution in [0.25, 0.3) is 5.65 Å². The quantitative estimate of drug-likeness (QED) is 0.803. The van der Waals surface area contributed by atoms with E-state index in [4.69, 9.17) is 5.73 Å². The number of nitrogens with zero attached hydrogens (tertiary/aromatic N) is 4. The number of imidazole rings is 1. The van der Waals surface area contributed by atoms with E-state index in [0.717, 1.165) is 44.1 Å². The molecule has 3 heterocycles. The zero-order valence-electron chi connectivity index (χ0n) is 12.8. The van der Waals surface area contributed by atoms with Crippen LogP contribution in [-0.4, -0.2) is 63.8 Å². The molecule has 0 bridgehead atoms. The maximum Gasteiger partial charge on any atom is 0.318 e. The first-order valence-electron chi connectivity index (χ1n) is 7.57. The standard InChI is InChI=1S/C15H20N6O2/c16-15(23)18-14(22)11-20-7-5-19(6-8-20)9-12-10-21-4-2-1-3-13(21)17-12/h1-4,10H,5-9,11H2,(H3,16,18,22,23). The van der Waals surface area contributed by atoms with E-state index >= 15 is 0 Å². The normalized spacial score (nSPS) is 16.5. The van der Waals surface area contributed by atoms with E-state index in [1.54, 1.807) is 0 Å². The molecule has 0 aliphatic carbocycles. The Labute approximate surface area is 133 Å². The summed E-state index contributed by atoms with van der Waals surface area (Å²) < 4.78 is 2.01. The van der Waals surface area contributed by atoms with Crippen molar-refractivity contribution in [3.8, 4) is 0 Å². The van der Waals surface area contributed by atoms with E-state index in [1.807, 2.05) is 39.9 Å². The van der Waals surface area contributed by atoms with Crippen molar-refractivity contribution in [3.63, 3.8) is 0 Å². The number of amides is 3. The minimum Gasteiger partial charge on any atom is -0.351 e. The third-order valence-corrected chi connectivity index (χ3v) is 3.89. The van der Waals surface area contributed by atoms with Crippen molar-refractivity contribution in [2.24, 2.45) is 5.73 Å². The summed E-state index contributed by atoms with van der Waals surface area (Å²) in [6.45, 7) is 4.27. The highest BCUT2D eigenvalue weighted by atomic mass is 16.2. The van der Waals surface area contributed by atoms with Crippen LogP contribution >= 0.6 is 0 Å². The van der Waals surface area contributed by atoms with Gasteiger partial charge in [-0.25, -0.2) is 9.78 Å². The number of hydrogen-bond acceptors (Lipinski definition) is 5. The molecule has 0 spiro atoms. The number of carbonyl (C=O) groups excluding carboxylic acids is 2. The van der Waals surface area contributed by atoms with Crippen molar-refractivity contribution < 1.29 is 9.59 Å². The lowest BCUT2D eigenvalue weighted by molar-refractivity contribution is -0.121. The second-order valence-corrected chi connectivity index (χ2v) is 5.66. The van der Waals surface area contributed by atoms with E-state index < -0.39 is 6.03 Å². The van der Waals surface area contributed by atoms with Gasteiger partial charge < -0.3 is 10.1 Å². The Bertz CT molecular complexity index is 672. The molecule has 2 aromatic heterocycles. The highest BCUT2D eigenvalue weighted by molar-refractivity contribution is 5.94. The van der Waals surface area contributed by atoms with Gasteiger partial charge in [0.15, 0.2) is 0 Å². The number of urea groups is 1. The maximum absolute atomic E-state index is 11.5. The molecule has 1 aliphatic rings. The van der Waals surface area contributed by atoms with Gasteiger partial charge in [0.05, 0.1) is 12.2 Å². The molecule has 1 fully saturated rings. The Morgan fingerprint density at radius 2 is 1.91 bits per heavy atom. The minimum atomic E-state index is -0.805. The van der Waals surface area contributed by atoms with Crippen LogP contribution in [0.3, 0.4) is 0 Å². The number of pyridine rings is 1. The smallest absolute Gasteiger partial charge is 0.318 e. The van der Waals surface area contributed by atoms with Gasteiger partial charge in [-0.2, -0.15) is 0 Å². The fraction of sp³-hybridized carbons (Fsp3) is 0.400. The number of nitrogens with two attached hydrogens (primary N) is 1. The predicted molar refractivity (Wildman–Crippen MR) is 84.6 cm³/mol. The van der Waals surface area contributed by atoms with Crippen molar-refractivity contribution in [2.45, 2.75) is 6.54 Å². The van der Waals surface area contributed by atoms with Crippen LogP contribution in [0.4, 0.5) is 4.79 Å². The van der Waals surface area contributed by atoms with E-state index in [1.165, 1.54) is 0 Å². The third kappa shape index (κ3) is 4.05. The van der Waals surface area contributed by atoms with Crippen molar-refractivity contribution in [2.75, 3.05) is 32.7 Å². The molecule has 0 atom stereocenters. The topological polar surface area (TPSA) is 96.0 Å². The van der Waals surface area contributed by atoms with Gasteiger partial charge in [0.2, 0.25) is 5.91 Å². The highest BCUT2D eigenvalue weighted by Crippen LogP contribution is 2.09. The molecule has 0 saturated carbocycles. The molecule has 2 aromatic rings. The molecule has 1 aliphatic heterocycles. The summed E-state index contributed by atoms with van der Waals surface area (Å²) in [6.07, 6.45) is 4.03. The lowest BCUT2D eigenvalue weighted by atomic mass is 10.3. The molecule has 0 radical (unpaired) electrons. The number of fused-ring (bicyclic) bond motifs is 1. The van der Waals surface area contributed by atoms with Gasteiger partial charge in [0.25, 0.3) is 0 Å². The van der Waals surface area contributed by atoms with Crippen LogP contribution in [0.2, 0.25) is 0 Å². The second-order valence-electron chi connectivity index (χ2n) is 5.66. The largest absolute Gasteiger partial charge is 0.351 e. The Morgan fingerprint density at radius 1 is 1.17 bits per heavy atom. The Morgan fingerprint density at radius 3 is 2.61 bits per heavy atom. The summed E-state index contributed by atoms with van der Waals surface area (Å²) in [6, 6.07) is 5.13. The Balaban J connectivity index is 1.49. The summed E-state index contributed by atoms with van der Waals surface area (Å²) in [5.41, 5.74) is 6.92. The minimum absolute atomic E-state index is 0.200. The van der Waals surface area contributed by atoms with Gasteiger partial charge in [-0.15, -0.1) is 0 Å². The maximum atomic E-state index is 11.5. The lowest BCUT2D eigenvalue weighted by Gasteiger charge is -2.33. The summed E-state index contributed by atoms with van der Waals surface area (Å²) in [7, 11) is 0. The van der Waals surface area contributed by atoms with Crippen LogP contribution in [0.15, 0.2) is 30.6 Å². The zero-order valence-corrected chi connectivity index (χ0v) is 12.8. The molecule has 3 amide bonds. The molecule has 122 valence electrons. The Hall–Kier alpha value is -2.45. The fourth-order valence-corrected chi connectivity index (χ4v) is 2.78. The zero-order chi connectivity index (χ0) is 16.2. The van der Waals surface area contributed by atoms with Crippen molar-refractivity contribution in [3.05, 3.63) is 36.3 Å². The molecule has 1 saturated heterocycles. The number of rotatable bonds is 4. The van der Waals surface area contributed by atoms with E-state index in [-0.39, 0.29) is 12.5 Å². The van der Waals surface area contributed by atoms with E-state index in [2.05, 4.69) is 15.2 Å². The number of piperazine rings is 1. The summed E-state index contributed by atoms with van der Waals surface area (Å²) in [5, 5.41) is 2.09. The lowest BCUT2D eigenvalue weighted by Crippen LogP contribution is -2.50. The number of aromatic nitrogens is 2. The van der Waals surface area contributed by atoms with Crippen molar-refractivity contribution in [1.29, 1.82) is 0 Å². The average molecular weight is 316 g/mol. The van der Waals surface area contributed by atoms with Crippen molar-refractivity contribution in [1.82, 2.24) is 24.5 Å². The van der Waals surface area contributed by atoms with Crippen LogP contribution in [0, 0.1) is 0 Å². The molecule has 3 N–H and O–H groups in total. The Kier molecular flexibility index (Phi) is 4.54. The predicted octanol–water partition coefficient (Wildman–Crippen LogP) is -0.353. The number of hydrogen-bond donors (Lipinski definition) is 2. The van der Waals surface area contributed by atoms with Gasteiger partial charge in [0.1, 0.15) is 5.65 Å². The van der Waals surface area contributed by atoms with E-state index in [9.17, 15) is 9.59 Å². The van der Waals surface area contributed by atoms with Gasteiger partial charge >= 0.3 is 6.03 Å². The van der Waals surface area contributed by atoms with Crippen molar-refractivity contribution >= 4 is 17.6 Å². The van der Waals surface area contributed by atoms with Crippen LogP contribution in [-0.2, 0) is 11.3 Å². The first kappa shape index (κ1) is 15.4. The highest BCUT2D eigenvalue weighted by Gasteiger charge is 2.20. The van der Waals surface area contributed by atoms with Gasteiger partial charge in [0, 0.05) is 45.1 Å². The molecular weight excluding hydrogens is 296 g/mol. The van der Waals surface area contributed by atoms with Crippen LogP contribution in [0.1, 0.15) is 5.69 Å². The van der Waals surface area contributed by atoms with Gasteiger partial charge in [-0.05, 0) is 12.1 Å². The number of carbonyl (C=O) groups is 2. The molecule has 3 rings (SSSR count). The molecule has 8 nitrogen and oxygen atoms in total. The van der Waals surface area contributed by atoms with E-state index in [0.29, 0.717) is 0 Å². The SMILES string of the molecule is NC(=O)NC(=O)CN1CCN(Cc2cn3ccccc3n2)CC1. The van der Waals surface area contributed by atoms with Crippen LogP contribution in [0.5, 0.6) is 0 Å².